The highest BCUT2D eigenvalue weighted by atomic mass is 35.5. The number of aromatic nitrogens is 3. The van der Waals surface area contributed by atoms with Gasteiger partial charge in [0.25, 0.3) is 5.91 Å². The molecule has 2 aromatic heterocycles. The van der Waals surface area contributed by atoms with Crippen LogP contribution in [-0.2, 0) is 32.5 Å². The van der Waals surface area contributed by atoms with Crippen LogP contribution in [0.2, 0.25) is 0 Å². The molecule has 148 valence electrons. The summed E-state index contributed by atoms with van der Waals surface area (Å²) in [6.07, 6.45) is 5.84. The molecule has 1 aliphatic carbocycles. The number of aromatic amines is 1. The van der Waals surface area contributed by atoms with E-state index >= 15 is 0 Å². The summed E-state index contributed by atoms with van der Waals surface area (Å²) in [4.78, 5) is 16.2. The van der Waals surface area contributed by atoms with Crippen LogP contribution in [0.5, 0.6) is 0 Å². The van der Waals surface area contributed by atoms with E-state index in [0.717, 1.165) is 50.1 Å². The van der Waals surface area contributed by atoms with Gasteiger partial charge in [-0.3, -0.25) is 9.48 Å². The van der Waals surface area contributed by atoms with Crippen LogP contribution in [0.15, 0.2) is 24.3 Å². The van der Waals surface area contributed by atoms with Gasteiger partial charge in [0, 0.05) is 35.2 Å². The monoisotopic (exact) mass is 399 g/mol. The molecule has 1 amide bonds. The second kappa shape index (κ2) is 7.97. The predicted molar refractivity (Wildman–Crippen MR) is 112 cm³/mol. The average molecular weight is 400 g/mol. The Morgan fingerprint density at radius 3 is 3.00 bits per heavy atom. The number of nitrogens with zero attached hydrogens (tertiary/aromatic N) is 2. The van der Waals surface area contributed by atoms with Gasteiger partial charge in [-0.2, -0.15) is 5.10 Å². The van der Waals surface area contributed by atoms with E-state index in [2.05, 4.69) is 37.5 Å². The maximum absolute atomic E-state index is 12.6. The maximum atomic E-state index is 12.6. The topological polar surface area (TPSA) is 74.7 Å². The molecule has 0 saturated carbocycles. The molecule has 3 heterocycles. The van der Waals surface area contributed by atoms with Crippen LogP contribution < -0.4 is 10.6 Å². The fraction of sp³-hybridized carbons (Fsp3) is 0.429. The third-order valence-corrected chi connectivity index (χ3v) is 5.73. The molecular formula is C21H26ClN5O. The highest BCUT2D eigenvalue weighted by Gasteiger charge is 2.17. The number of nitrogens with one attached hydrogen (secondary N) is 3. The zero-order chi connectivity index (χ0) is 18.2. The van der Waals surface area contributed by atoms with Crippen molar-refractivity contribution < 1.29 is 4.79 Å². The molecule has 0 spiro atoms. The van der Waals surface area contributed by atoms with Crippen molar-refractivity contribution in [1.82, 2.24) is 25.4 Å². The lowest BCUT2D eigenvalue weighted by molar-refractivity contribution is 0.0950. The number of hydrogen-bond donors (Lipinski definition) is 3. The minimum atomic E-state index is -0.0502. The Kier molecular flexibility index (Phi) is 5.42. The number of benzene rings is 1. The van der Waals surface area contributed by atoms with Crippen LogP contribution in [0.25, 0.3) is 10.9 Å². The van der Waals surface area contributed by atoms with Crippen LogP contribution in [0, 0.1) is 0 Å². The molecule has 6 nitrogen and oxygen atoms in total. The van der Waals surface area contributed by atoms with E-state index in [1.165, 1.54) is 35.2 Å². The number of fused-ring (bicyclic) bond motifs is 4. The molecule has 3 N–H and O–H groups in total. The second-order valence-corrected chi connectivity index (χ2v) is 7.61. The smallest absolute Gasteiger partial charge is 0.251 e. The van der Waals surface area contributed by atoms with Crippen LogP contribution in [-0.4, -0.2) is 27.2 Å². The molecule has 0 bridgehead atoms. The number of H-pyrrole nitrogens is 1. The molecule has 0 saturated heterocycles. The average Bonchev–Trinajstić information content (AvgIpc) is 3.19. The predicted octanol–water partition coefficient (Wildman–Crippen LogP) is 3.09. The zero-order valence-electron chi connectivity index (χ0n) is 15.9. The van der Waals surface area contributed by atoms with E-state index in [4.69, 9.17) is 0 Å². The summed E-state index contributed by atoms with van der Waals surface area (Å²) in [7, 11) is 0. The third kappa shape index (κ3) is 3.54. The fourth-order valence-corrected chi connectivity index (χ4v) is 4.34. The molecular weight excluding hydrogens is 374 g/mol. The van der Waals surface area contributed by atoms with Gasteiger partial charge in [0.05, 0.1) is 17.9 Å². The number of aryl methyl sites for hydroxylation is 3. The van der Waals surface area contributed by atoms with E-state index in [1.54, 1.807) is 0 Å². The first-order chi connectivity index (χ1) is 13.3. The molecule has 0 unspecified atom stereocenters. The van der Waals surface area contributed by atoms with Gasteiger partial charge in [0.2, 0.25) is 0 Å². The summed E-state index contributed by atoms with van der Waals surface area (Å²) in [6.45, 7) is 3.26. The molecule has 0 atom stereocenters. The number of amides is 1. The standard InChI is InChI=1S/C21H25N5O.ClH/c27-21(23-12-15-11-16-13-22-8-3-9-26(16)25-15)14-6-7-18-17-4-1-2-5-19(17)24-20(18)10-14;/h6-7,10-11,22,24H,1-5,8-9,12-13H2,(H,23,27);1H. The van der Waals surface area contributed by atoms with Crippen LogP contribution in [0.1, 0.15) is 52.3 Å². The summed E-state index contributed by atoms with van der Waals surface area (Å²) in [5, 5.41) is 12.3. The van der Waals surface area contributed by atoms with E-state index in [-0.39, 0.29) is 18.3 Å². The molecule has 3 aromatic rings. The van der Waals surface area contributed by atoms with Crippen LogP contribution in [0.3, 0.4) is 0 Å². The second-order valence-electron chi connectivity index (χ2n) is 7.61. The van der Waals surface area contributed by atoms with Crippen molar-refractivity contribution in [3.63, 3.8) is 0 Å². The number of carbonyl (C=O) groups is 1. The molecule has 0 radical (unpaired) electrons. The first-order valence-corrected chi connectivity index (χ1v) is 9.96. The largest absolute Gasteiger partial charge is 0.358 e. The Bertz CT molecular complexity index is 982. The molecule has 1 aliphatic heterocycles. The minimum Gasteiger partial charge on any atom is -0.358 e. The van der Waals surface area contributed by atoms with Gasteiger partial charge < -0.3 is 15.6 Å². The van der Waals surface area contributed by atoms with Gasteiger partial charge in [0.15, 0.2) is 0 Å². The highest BCUT2D eigenvalue weighted by Crippen LogP contribution is 2.29. The lowest BCUT2D eigenvalue weighted by Crippen LogP contribution is -2.23. The van der Waals surface area contributed by atoms with Crippen molar-refractivity contribution in [2.45, 2.75) is 51.7 Å². The van der Waals surface area contributed by atoms with E-state index in [9.17, 15) is 4.79 Å². The zero-order valence-corrected chi connectivity index (χ0v) is 16.7. The van der Waals surface area contributed by atoms with Crippen LogP contribution >= 0.6 is 12.4 Å². The molecule has 7 heteroatoms. The van der Waals surface area contributed by atoms with E-state index < -0.39 is 0 Å². The van der Waals surface area contributed by atoms with Gasteiger partial charge in [-0.25, -0.2) is 0 Å². The Hall–Kier alpha value is -2.31. The van der Waals surface area contributed by atoms with Gasteiger partial charge in [-0.15, -0.1) is 12.4 Å². The number of hydrogen-bond acceptors (Lipinski definition) is 3. The van der Waals surface area contributed by atoms with Gasteiger partial charge in [-0.1, -0.05) is 6.07 Å². The van der Waals surface area contributed by atoms with Crippen LogP contribution in [0.4, 0.5) is 0 Å². The Balaban J connectivity index is 0.00000192. The van der Waals surface area contributed by atoms with Gasteiger partial charge >= 0.3 is 0 Å². The van der Waals surface area contributed by atoms with Crippen molar-refractivity contribution in [1.29, 1.82) is 0 Å². The molecule has 2 aliphatic rings. The molecule has 5 rings (SSSR count). The Morgan fingerprint density at radius 2 is 2.07 bits per heavy atom. The number of carbonyl (C=O) groups excluding carboxylic acids is 1. The van der Waals surface area contributed by atoms with Crippen molar-refractivity contribution >= 4 is 29.2 Å². The summed E-state index contributed by atoms with van der Waals surface area (Å²) in [6, 6.07) is 8.10. The Morgan fingerprint density at radius 1 is 1.18 bits per heavy atom. The summed E-state index contributed by atoms with van der Waals surface area (Å²) in [5.74, 6) is -0.0502. The highest BCUT2D eigenvalue weighted by molar-refractivity contribution is 5.98. The first kappa shape index (κ1) is 19.0. The maximum Gasteiger partial charge on any atom is 0.251 e. The van der Waals surface area contributed by atoms with Crippen molar-refractivity contribution in [2.75, 3.05) is 6.54 Å². The lowest BCUT2D eigenvalue weighted by Gasteiger charge is -2.10. The first-order valence-electron chi connectivity index (χ1n) is 9.96. The summed E-state index contributed by atoms with van der Waals surface area (Å²) >= 11 is 0. The summed E-state index contributed by atoms with van der Waals surface area (Å²) < 4.78 is 2.05. The quantitative estimate of drug-likeness (QED) is 0.633. The van der Waals surface area contributed by atoms with Crippen molar-refractivity contribution in [3.8, 4) is 0 Å². The third-order valence-electron chi connectivity index (χ3n) is 5.73. The number of rotatable bonds is 3. The van der Waals surface area contributed by atoms with Gasteiger partial charge in [-0.05, 0) is 62.4 Å². The van der Waals surface area contributed by atoms with E-state index in [1.807, 2.05) is 12.1 Å². The van der Waals surface area contributed by atoms with E-state index in [0.29, 0.717) is 12.1 Å². The van der Waals surface area contributed by atoms with Gasteiger partial charge in [0.1, 0.15) is 0 Å². The molecule has 0 fully saturated rings. The van der Waals surface area contributed by atoms with Crippen molar-refractivity contribution in [3.05, 3.63) is 52.5 Å². The molecule has 1 aromatic carbocycles. The fourth-order valence-electron chi connectivity index (χ4n) is 4.34. The molecule has 28 heavy (non-hydrogen) atoms. The number of halogens is 1. The lowest BCUT2D eigenvalue weighted by atomic mass is 9.95. The Labute approximate surface area is 170 Å². The van der Waals surface area contributed by atoms with Crippen molar-refractivity contribution in [2.24, 2.45) is 0 Å². The summed E-state index contributed by atoms with van der Waals surface area (Å²) in [5.41, 5.74) is 6.67. The normalized spacial score (nSPS) is 16.0. The SMILES string of the molecule is Cl.O=C(NCc1cc2n(n1)CCCNC2)c1ccc2c3c([nH]c2c1)CCCC3. The minimum absolute atomic E-state index is 0.